The van der Waals surface area contributed by atoms with Crippen molar-refractivity contribution in [1.29, 1.82) is 0 Å². The SMILES string of the molecule is Cn1ccc2c(N)c(CN)ccc21. The molecule has 0 bridgehead atoms. The van der Waals surface area contributed by atoms with E-state index >= 15 is 0 Å². The highest BCUT2D eigenvalue weighted by molar-refractivity contribution is 5.92. The number of nitrogens with zero attached hydrogens (tertiary/aromatic N) is 1. The summed E-state index contributed by atoms with van der Waals surface area (Å²) in [6, 6.07) is 6.05. The number of nitrogens with two attached hydrogens (primary N) is 2. The lowest BCUT2D eigenvalue weighted by Crippen LogP contribution is -2.01. The molecule has 0 amide bonds. The molecule has 0 saturated carbocycles. The third kappa shape index (κ3) is 1.09. The summed E-state index contributed by atoms with van der Waals surface area (Å²) < 4.78 is 2.05. The minimum absolute atomic E-state index is 0.497. The van der Waals surface area contributed by atoms with Crippen LogP contribution in [0.1, 0.15) is 5.56 Å². The average Bonchev–Trinajstić information content (AvgIpc) is 2.50. The second-order valence-corrected chi connectivity index (χ2v) is 3.20. The summed E-state index contributed by atoms with van der Waals surface area (Å²) in [4.78, 5) is 0. The molecular formula is C10H13N3. The Morgan fingerprint density at radius 3 is 2.77 bits per heavy atom. The van der Waals surface area contributed by atoms with Gasteiger partial charge in [0.1, 0.15) is 0 Å². The number of anilines is 1. The molecule has 0 aliphatic heterocycles. The fourth-order valence-corrected chi connectivity index (χ4v) is 1.60. The molecule has 0 spiro atoms. The molecule has 13 heavy (non-hydrogen) atoms. The molecule has 1 aromatic heterocycles. The highest BCUT2D eigenvalue weighted by atomic mass is 14.9. The number of rotatable bonds is 1. The van der Waals surface area contributed by atoms with Crippen molar-refractivity contribution < 1.29 is 0 Å². The standard InChI is InChI=1S/C10H13N3/c1-13-5-4-8-9(13)3-2-7(6-11)10(8)12/h2-5H,6,11-12H2,1H3. The number of hydrogen-bond acceptors (Lipinski definition) is 2. The molecule has 0 aliphatic carbocycles. The number of aryl methyl sites for hydroxylation is 1. The van der Waals surface area contributed by atoms with Crippen LogP contribution in [0.2, 0.25) is 0 Å². The van der Waals surface area contributed by atoms with Gasteiger partial charge in [-0.25, -0.2) is 0 Å². The van der Waals surface area contributed by atoms with Gasteiger partial charge >= 0.3 is 0 Å². The summed E-state index contributed by atoms with van der Waals surface area (Å²) >= 11 is 0. The maximum absolute atomic E-state index is 5.95. The lowest BCUT2D eigenvalue weighted by molar-refractivity contribution is 0.968. The Hall–Kier alpha value is -1.48. The summed E-state index contributed by atoms with van der Waals surface area (Å²) in [5, 5.41) is 1.09. The molecule has 0 radical (unpaired) electrons. The molecule has 1 aromatic carbocycles. The van der Waals surface area contributed by atoms with Crippen LogP contribution in [0.4, 0.5) is 5.69 Å². The van der Waals surface area contributed by atoms with Crippen LogP contribution in [0.5, 0.6) is 0 Å². The molecule has 0 fully saturated rings. The third-order valence-corrected chi connectivity index (χ3v) is 2.42. The number of aromatic nitrogens is 1. The van der Waals surface area contributed by atoms with Crippen LogP contribution >= 0.6 is 0 Å². The van der Waals surface area contributed by atoms with Crippen LogP contribution in [0, 0.1) is 0 Å². The zero-order valence-electron chi connectivity index (χ0n) is 7.62. The topological polar surface area (TPSA) is 57.0 Å². The lowest BCUT2D eigenvalue weighted by atomic mass is 10.1. The zero-order valence-corrected chi connectivity index (χ0v) is 7.62. The molecule has 1 heterocycles. The van der Waals surface area contributed by atoms with Crippen LogP contribution in [0.25, 0.3) is 10.9 Å². The van der Waals surface area contributed by atoms with Crippen LogP contribution in [-0.4, -0.2) is 4.57 Å². The highest BCUT2D eigenvalue weighted by Gasteiger charge is 2.04. The molecule has 3 heteroatoms. The van der Waals surface area contributed by atoms with Gasteiger partial charge in [-0.3, -0.25) is 0 Å². The minimum Gasteiger partial charge on any atom is -0.398 e. The van der Waals surface area contributed by atoms with Gasteiger partial charge in [0.25, 0.3) is 0 Å². The number of hydrogen-bond donors (Lipinski definition) is 2. The van der Waals surface area contributed by atoms with Gasteiger partial charge in [-0.2, -0.15) is 0 Å². The quantitative estimate of drug-likeness (QED) is 0.640. The van der Waals surface area contributed by atoms with Gasteiger partial charge in [-0.15, -0.1) is 0 Å². The van der Waals surface area contributed by atoms with Gasteiger partial charge in [0.05, 0.1) is 0 Å². The molecule has 3 nitrogen and oxygen atoms in total. The van der Waals surface area contributed by atoms with Crippen molar-refractivity contribution in [2.24, 2.45) is 12.8 Å². The predicted octanol–water partition coefficient (Wildman–Crippen LogP) is 1.22. The van der Waals surface area contributed by atoms with Crippen molar-refractivity contribution in [3.8, 4) is 0 Å². The zero-order chi connectivity index (χ0) is 9.42. The normalized spacial score (nSPS) is 10.9. The highest BCUT2D eigenvalue weighted by Crippen LogP contribution is 2.24. The van der Waals surface area contributed by atoms with E-state index in [0.29, 0.717) is 6.54 Å². The maximum atomic E-state index is 5.95. The van der Waals surface area contributed by atoms with E-state index in [1.165, 1.54) is 0 Å². The van der Waals surface area contributed by atoms with Crippen molar-refractivity contribution in [2.75, 3.05) is 5.73 Å². The van der Waals surface area contributed by atoms with Crippen LogP contribution < -0.4 is 11.5 Å². The molecule has 0 unspecified atom stereocenters. The molecule has 4 N–H and O–H groups in total. The van der Waals surface area contributed by atoms with E-state index in [1.54, 1.807) is 0 Å². The molecule has 0 saturated heterocycles. The minimum atomic E-state index is 0.497. The number of benzene rings is 1. The first kappa shape index (κ1) is 8.13. The monoisotopic (exact) mass is 175 g/mol. The summed E-state index contributed by atoms with van der Waals surface area (Å²) in [6.45, 7) is 0.497. The smallest absolute Gasteiger partial charge is 0.0498 e. The maximum Gasteiger partial charge on any atom is 0.0498 e. The Morgan fingerprint density at radius 1 is 1.31 bits per heavy atom. The Bertz CT molecular complexity index is 443. The molecule has 0 atom stereocenters. The fraction of sp³-hybridized carbons (Fsp3) is 0.200. The van der Waals surface area contributed by atoms with E-state index in [0.717, 1.165) is 22.2 Å². The Labute approximate surface area is 76.9 Å². The van der Waals surface area contributed by atoms with Crippen LogP contribution in [0.15, 0.2) is 24.4 Å². The van der Waals surface area contributed by atoms with Crippen molar-refractivity contribution in [3.63, 3.8) is 0 Å². The van der Waals surface area contributed by atoms with Crippen LogP contribution in [-0.2, 0) is 13.6 Å². The van der Waals surface area contributed by atoms with Gasteiger partial charge in [-0.1, -0.05) is 6.07 Å². The molecule has 68 valence electrons. The van der Waals surface area contributed by atoms with Crippen molar-refractivity contribution in [2.45, 2.75) is 6.54 Å². The molecule has 2 rings (SSSR count). The predicted molar refractivity (Wildman–Crippen MR) is 55.2 cm³/mol. The van der Waals surface area contributed by atoms with Crippen molar-refractivity contribution >= 4 is 16.6 Å². The first-order chi connectivity index (χ1) is 6.24. The largest absolute Gasteiger partial charge is 0.398 e. The summed E-state index contributed by atoms with van der Waals surface area (Å²) in [5.74, 6) is 0. The second-order valence-electron chi connectivity index (χ2n) is 3.20. The third-order valence-electron chi connectivity index (χ3n) is 2.42. The average molecular weight is 175 g/mol. The Kier molecular flexibility index (Phi) is 1.74. The lowest BCUT2D eigenvalue weighted by Gasteiger charge is -2.04. The molecule has 0 aliphatic rings. The van der Waals surface area contributed by atoms with Gasteiger partial charge in [0.2, 0.25) is 0 Å². The molecule has 2 aromatic rings. The Balaban J connectivity index is 2.80. The summed E-state index contributed by atoms with van der Waals surface area (Å²) in [6.07, 6.45) is 2.00. The first-order valence-electron chi connectivity index (χ1n) is 4.26. The van der Waals surface area contributed by atoms with E-state index in [-0.39, 0.29) is 0 Å². The fourth-order valence-electron chi connectivity index (χ4n) is 1.60. The van der Waals surface area contributed by atoms with E-state index in [1.807, 2.05) is 36.0 Å². The van der Waals surface area contributed by atoms with Gasteiger partial charge < -0.3 is 16.0 Å². The van der Waals surface area contributed by atoms with Crippen molar-refractivity contribution in [1.82, 2.24) is 4.57 Å². The van der Waals surface area contributed by atoms with E-state index in [2.05, 4.69) is 0 Å². The van der Waals surface area contributed by atoms with E-state index < -0.39 is 0 Å². The number of nitrogen functional groups attached to an aromatic ring is 1. The van der Waals surface area contributed by atoms with Gasteiger partial charge in [0.15, 0.2) is 0 Å². The van der Waals surface area contributed by atoms with E-state index in [9.17, 15) is 0 Å². The van der Waals surface area contributed by atoms with E-state index in [4.69, 9.17) is 11.5 Å². The number of fused-ring (bicyclic) bond motifs is 1. The molecular weight excluding hydrogens is 162 g/mol. The van der Waals surface area contributed by atoms with Gasteiger partial charge in [-0.05, 0) is 17.7 Å². The van der Waals surface area contributed by atoms with Crippen molar-refractivity contribution in [3.05, 3.63) is 30.0 Å². The Morgan fingerprint density at radius 2 is 2.08 bits per heavy atom. The van der Waals surface area contributed by atoms with Gasteiger partial charge in [0, 0.05) is 36.4 Å². The van der Waals surface area contributed by atoms with Crippen LogP contribution in [0.3, 0.4) is 0 Å². The second kappa shape index (κ2) is 2.78. The first-order valence-corrected chi connectivity index (χ1v) is 4.26. The summed E-state index contributed by atoms with van der Waals surface area (Å²) in [5.41, 5.74) is 14.5. The summed E-state index contributed by atoms with van der Waals surface area (Å²) in [7, 11) is 2.00.